The van der Waals surface area contributed by atoms with Crippen LogP contribution in [0.4, 0.5) is 11.6 Å². The molecule has 0 aliphatic carbocycles. The summed E-state index contributed by atoms with van der Waals surface area (Å²) in [4.78, 5) is 16.6. The lowest BCUT2D eigenvalue weighted by Gasteiger charge is -2.14. The molecule has 0 atom stereocenters. The fourth-order valence-corrected chi connectivity index (χ4v) is 2.34. The molecule has 3 rings (SSSR count). The van der Waals surface area contributed by atoms with E-state index in [-0.39, 0.29) is 5.91 Å². The molecule has 0 fully saturated rings. The number of rotatable bonds is 2. The summed E-state index contributed by atoms with van der Waals surface area (Å²) in [7, 11) is 0. The molecule has 2 N–H and O–H groups in total. The standard InChI is InChI=1S/C15H18N4O/c1-10-4-5-11(2)12(8-10)17-14(20)13-9-19-7-3-6-16-15(19)18-13/h4-5,8-9H,3,6-7H2,1-2H3,(H,16,18)(H,17,20). The van der Waals surface area contributed by atoms with Crippen molar-refractivity contribution < 1.29 is 4.79 Å². The van der Waals surface area contributed by atoms with E-state index in [0.29, 0.717) is 5.69 Å². The SMILES string of the molecule is Cc1ccc(C)c(NC(=O)c2cn3c(n2)NCCC3)c1. The maximum atomic E-state index is 12.3. The first kappa shape index (κ1) is 12.7. The van der Waals surface area contributed by atoms with Gasteiger partial charge in [-0.1, -0.05) is 12.1 Å². The molecule has 1 aromatic carbocycles. The predicted octanol–water partition coefficient (Wildman–Crippen LogP) is 2.57. The second-order valence-corrected chi connectivity index (χ2v) is 5.20. The van der Waals surface area contributed by atoms with Crippen molar-refractivity contribution in [3.05, 3.63) is 41.2 Å². The molecule has 0 saturated carbocycles. The summed E-state index contributed by atoms with van der Waals surface area (Å²) in [5, 5.41) is 6.13. The number of hydrogen-bond donors (Lipinski definition) is 2. The lowest BCUT2D eigenvalue weighted by atomic mass is 10.1. The van der Waals surface area contributed by atoms with Gasteiger partial charge in [-0.25, -0.2) is 4.98 Å². The first-order valence-corrected chi connectivity index (χ1v) is 6.83. The minimum atomic E-state index is -0.164. The molecular weight excluding hydrogens is 252 g/mol. The largest absolute Gasteiger partial charge is 0.356 e. The molecule has 0 unspecified atom stereocenters. The molecule has 5 nitrogen and oxygen atoms in total. The summed E-state index contributed by atoms with van der Waals surface area (Å²) in [6.45, 7) is 5.81. The monoisotopic (exact) mass is 270 g/mol. The lowest BCUT2D eigenvalue weighted by molar-refractivity contribution is 0.102. The number of carbonyl (C=O) groups is 1. The van der Waals surface area contributed by atoms with Gasteiger partial charge >= 0.3 is 0 Å². The van der Waals surface area contributed by atoms with E-state index in [1.54, 1.807) is 0 Å². The van der Waals surface area contributed by atoms with Gasteiger partial charge in [-0.15, -0.1) is 0 Å². The van der Waals surface area contributed by atoms with Crippen molar-refractivity contribution in [1.29, 1.82) is 0 Å². The Bertz CT molecular complexity index is 636. The molecule has 0 spiro atoms. The van der Waals surface area contributed by atoms with Crippen molar-refractivity contribution in [3.63, 3.8) is 0 Å². The fourth-order valence-electron chi connectivity index (χ4n) is 2.34. The number of nitrogens with zero attached hydrogens (tertiary/aromatic N) is 2. The Morgan fingerprint density at radius 3 is 3.05 bits per heavy atom. The quantitative estimate of drug-likeness (QED) is 0.881. The molecule has 0 radical (unpaired) electrons. The molecule has 1 aliphatic heterocycles. The Morgan fingerprint density at radius 2 is 2.25 bits per heavy atom. The molecule has 1 aliphatic rings. The minimum absolute atomic E-state index is 0.164. The molecule has 2 heterocycles. The maximum absolute atomic E-state index is 12.3. The number of aromatic nitrogens is 2. The van der Waals surface area contributed by atoms with Crippen LogP contribution in [0.1, 0.15) is 28.0 Å². The van der Waals surface area contributed by atoms with Gasteiger partial charge < -0.3 is 15.2 Å². The number of fused-ring (bicyclic) bond motifs is 1. The smallest absolute Gasteiger partial charge is 0.275 e. The Morgan fingerprint density at radius 1 is 1.40 bits per heavy atom. The zero-order valence-electron chi connectivity index (χ0n) is 11.7. The van der Waals surface area contributed by atoms with Crippen molar-refractivity contribution in [2.24, 2.45) is 0 Å². The Kier molecular flexibility index (Phi) is 3.18. The van der Waals surface area contributed by atoms with E-state index in [1.807, 2.05) is 42.8 Å². The highest BCUT2D eigenvalue weighted by Gasteiger charge is 2.17. The van der Waals surface area contributed by atoms with Crippen LogP contribution in [0.5, 0.6) is 0 Å². The van der Waals surface area contributed by atoms with Gasteiger partial charge in [0.15, 0.2) is 0 Å². The molecule has 0 bridgehead atoms. The molecule has 2 aromatic rings. The molecule has 1 amide bonds. The zero-order valence-corrected chi connectivity index (χ0v) is 11.7. The third-order valence-electron chi connectivity index (χ3n) is 3.51. The van der Waals surface area contributed by atoms with Crippen molar-refractivity contribution in [2.45, 2.75) is 26.8 Å². The van der Waals surface area contributed by atoms with E-state index in [2.05, 4.69) is 15.6 Å². The normalized spacial score (nSPS) is 13.5. The van der Waals surface area contributed by atoms with E-state index < -0.39 is 0 Å². The molecule has 20 heavy (non-hydrogen) atoms. The van der Waals surface area contributed by atoms with Crippen LogP contribution < -0.4 is 10.6 Å². The molecular formula is C15H18N4O. The van der Waals surface area contributed by atoms with Gasteiger partial charge in [0, 0.05) is 25.0 Å². The van der Waals surface area contributed by atoms with E-state index in [1.165, 1.54) is 0 Å². The zero-order chi connectivity index (χ0) is 14.1. The topological polar surface area (TPSA) is 59.0 Å². The number of anilines is 2. The van der Waals surface area contributed by atoms with Gasteiger partial charge in [-0.3, -0.25) is 4.79 Å². The molecule has 1 aromatic heterocycles. The van der Waals surface area contributed by atoms with Crippen molar-refractivity contribution >= 4 is 17.5 Å². The first-order valence-electron chi connectivity index (χ1n) is 6.83. The van der Waals surface area contributed by atoms with E-state index >= 15 is 0 Å². The number of benzene rings is 1. The summed E-state index contributed by atoms with van der Waals surface area (Å²) >= 11 is 0. The average molecular weight is 270 g/mol. The van der Waals surface area contributed by atoms with E-state index in [0.717, 1.165) is 42.3 Å². The van der Waals surface area contributed by atoms with Crippen LogP contribution in [0.25, 0.3) is 0 Å². The second kappa shape index (κ2) is 5.00. The summed E-state index contributed by atoms with van der Waals surface area (Å²) in [5.41, 5.74) is 3.46. The maximum Gasteiger partial charge on any atom is 0.275 e. The second-order valence-electron chi connectivity index (χ2n) is 5.20. The Balaban J connectivity index is 1.82. The summed E-state index contributed by atoms with van der Waals surface area (Å²) < 4.78 is 1.99. The summed E-state index contributed by atoms with van der Waals surface area (Å²) in [6.07, 6.45) is 2.86. The lowest BCUT2D eigenvalue weighted by Crippen LogP contribution is -2.16. The highest BCUT2D eigenvalue weighted by Crippen LogP contribution is 2.19. The third-order valence-corrected chi connectivity index (χ3v) is 3.51. The van der Waals surface area contributed by atoms with Gasteiger partial charge in [-0.05, 0) is 37.5 Å². The number of carbonyl (C=O) groups excluding carboxylic acids is 1. The van der Waals surface area contributed by atoms with Crippen LogP contribution in [0.15, 0.2) is 24.4 Å². The minimum Gasteiger partial charge on any atom is -0.356 e. The van der Waals surface area contributed by atoms with Crippen LogP contribution in [-0.4, -0.2) is 22.0 Å². The number of aryl methyl sites for hydroxylation is 3. The number of amides is 1. The van der Waals surface area contributed by atoms with E-state index in [9.17, 15) is 4.79 Å². The van der Waals surface area contributed by atoms with Crippen LogP contribution in [0, 0.1) is 13.8 Å². The number of hydrogen-bond acceptors (Lipinski definition) is 3. The van der Waals surface area contributed by atoms with Crippen LogP contribution in [0.2, 0.25) is 0 Å². The van der Waals surface area contributed by atoms with Crippen LogP contribution >= 0.6 is 0 Å². The van der Waals surface area contributed by atoms with Gasteiger partial charge in [0.2, 0.25) is 5.95 Å². The third kappa shape index (κ3) is 2.39. The summed E-state index contributed by atoms with van der Waals surface area (Å²) in [5.74, 6) is 0.616. The summed E-state index contributed by atoms with van der Waals surface area (Å²) in [6, 6.07) is 6.01. The van der Waals surface area contributed by atoms with Gasteiger partial charge in [0.25, 0.3) is 5.91 Å². The van der Waals surface area contributed by atoms with Crippen molar-refractivity contribution in [2.75, 3.05) is 17.2 Å². The van der Waals surface area contributed by atoms with Gasteiger partial charge in [0.1, 0.15) is 5.69 Å². The van der Waals surface area contributed by atoms with Crippen molar-refractivity contribution in [1.82, 2.24) is 9.55 Å². The number of imidazole rings is 1. The number of nitrogens with one attached hydrogen (secondary N) is 2. The molecule has 5 heteroatoms. The Labute approximate surface area is 118 Å². The Hall–Kier alpha value is -2.30. The van der Waals surface area contributed by atoms with Gasteiger partial charge in [-0.2, -0.15) is 0 Å². The predicted molar refractivity (Wildman–Crippen MR) is 79.2 cm³/mol. The van der Waals surface area contributed by atoms with Crippen molar-refractivity contribution in [3.8, 4) is 0 Å². The van der Waals surface area contributed by atoms with Gasteiger partial charge in [0.05, 0.1) is 0 Å². The van der Waals surface area contributed by atoms with E-state index in [4.69, 9.17) is 0 Å². The highest BCUT2D eigenvalue weighted by atomic mass is 16.1. The fraction of sp³-hybridized carbons (Fsp3) is 0.333. The van der Waals surface area contributed by atoms with Crippen LogP contribution in [-0.2, 0) is 6.54 Å². The molecule has 104 valence electrons. The van der Waals surface area contributed by atoms with Crippen LogP contribution in [0.3, 0.4) is 0 Å². The average Bonchev–Trinajstić information content (AvgIpc) is 2.87. The highest BCUT2D eigenvalue weighted by molar-refractivity contribution is 6.03. The molecule has 0 saturated heterocycles. The first-order chi connectivity index (χ1) is 9.63.